The molecule has 6 nitrogen and oxygen atoms in total. The van der Waals surface area contributed by atoms with E-state index in [-0.39, 0.29) is 6.17 Å². The van der Waals surface area contributed by atoms with Gasteiger partial charge in [0, 0.05) is 40.5 Å². The number of rotatable bonds is 7. The summed E-state index contributed by atoms with van der Waals surface area (Å²) in [7, 11) is 2.39. The smallest absolute Gasteiger partial charge is 0.379 e. The fraction of sp³-hybridized carbons (Fsp3) is 1.00. The predicted molar refractivity (Wildman–Crippen MR) is 66.6 cm³/mol. The number of morpholine rings is 1. The van der Waals surface area contributed by atoms with Crippen LogP contribution in [0.4, 0.5) is 0 Å². The first kappa shape index (κ1) is 15.0. The highest BCUT2D eigenvalue weighted by molar-refractivity contribution is 6.60. The number of hydrogen-bond acceptors (Lipinski definition) is 6. The first-order chi connectivity index (χ1) is 8.17. The van der Waals surface area contributed by atoms with Gasteiger partial charge in [-0.05, 0) is 6.42 Å². The van der Waals surface area contributed by atoms with E-state index in [1.54, 1.807) is 21.3 Å². The van der Waals surface area contributed by atoms with Crippen molar-refractivity contribution in [3.05, 3.63) is 0 Å². The molecule has 0 radical (unpaired) electrons. The molecule has 1 heterocycles. The maximum atomic E-state index is 6.15. The van der Waals surface area contributed by atoms with Gasteiger partial charge in [-0.25, -0.2) is 0 Å². The van der Waals surface area contributed by atoms with Crippen molar-refractivity contribution in [3.8, 4) is 0 Å². The topological polar surface area (TPSA) is 66.2 Å². The Balaban J connectivity index is 2.37. The van der Waals surface area contributed by atoms with Crippen LogP contribution in [0.1, 0.15) is 6.42 Å². The van der Waals surface area contributed by atoms with Gasteiger partial charge in [-0.15, -0.1) is 0 Å². The van der Waals surface area contributed by atoms with Crippen molar-refractivity contribution in [2.45, 2.75) is 18.6 Å². The molecule has 0 aromatic carbocycles. The van der Waals surface area contributed by atoms with Gasteiger partial charge >= 0.3 is 8.80 Å². The molecule has 0 amide bonds. The van der Waals surface area contributed by atoms with Crippen LogP contribution in [0.5, 0.6) is 0 Å². The van der Waals surface area contributed by atoms with Crippen molar-refractivity contribution in [1.82, 2.24) is 4.90 Å². The van der Waals surface area contributed by atoms with Crippen molar-refractivity contribution in [3.63, 3.8) is 0 Å². The molecular weight excluding hydrogens is 240 g/mol. The van der Waals surface area contributed by atoms with Crippen LogP contribution < -0.4 is 5.73 Å². The average Bonchev–Trinajstić information content (AvgIpc) is 2.41. The van der Waals surface area contributed by atoms with Crippen LogP contribution in [0.25, 0.3) is 0 Å². The summed E-state index contributed by atoms with van der Waals surface area (Å²) in [6.07, 6.45) is 0.827. The van der Waals surface area contributed by atoms with Gasteiger partial charge in [0.15, 0.2) is 0 Å². The molecule has 102 valence electrons. The van der Waals surface area contributed by atoms with E-state index in [0.717, 1.165) is 38.8 Å². The van der Waals surface area contributed by atoms with Gasteiger partial charge in [-0.1, -0.05) is 0 Å². The Bertz CT molecular complexity index is 202. The van der Waals surface area contributed by atoms with Crippen LogP contribution in [0.2, 0.25) is 6.04 Å². The number of nitrogens with zero attached hydrogens (tertiary/aromatic N) is 1. The van der Waals surface area contributed by atoms with Gasteiger partial charge in [-0.3, -0.25) is 4.90 Å². The number of ether oxygens (including phenoxy) is 1. The quantitative estimate of drug-likeness (QED) is 0.646. The molecule has 1 saturated heterocycles. The summed E-state index contributed by atoms with van der Waals surface area (Å²) in [6, 6.07) is 0.731. The third-order valence-corrected chi connectivity index (χ3v) is 5.96. The Hall–Kier alpha value is -0.0231. The molecule has 1 atom stereocenters. The van der Waals surface area contributed by atoms with E-state index < -0.39 is 8.80 Å². The van der Waals surface area contributed by atoms with Crippen LogP contribution in [0.3, 0.4) is 0 Å². The summed E-state index contributed by atoms with van der Waals surface area (Å²) >= 11 is 0. The SMILES string of the molecule is CO[Si](CCC(N)N1CCOCC1)(OC)OC. The Morgan fingerprint density at radius 3 is 2.18 bits per heavy atom. The average molecular weight is 264 g/mol. The zero-order valence-corrected chi connectivity index (χ0v) is 12.0. The highest BCUT2D eigenvalue weighted by Crippen LogP contribution is 2.17. The molecule has 2 N–H and O–H groups in total. The minimum absolute atomic E-state index is 0.0197. The van der Waals surface area contributed by atoms with Crippen molar-refractivity contribution < 1.29 is 18.0 Å². The van der Waals surface area contributed by atoms with Gasteiger partial charge in [0.05, 0.1) is 19.4 Å². The minimum Gasteiger partial charge on any atom is -0.379 e. The van der Waals surface area contributed by atoms with E-state index in [1.165, 1.54) is 0 Å². The molecule has 17 heavy (non-hydrogen) atoms. The van der Waals surface area contributed by atoms with E-state index in [1.807, 2.05) is 0 Å². The van der Waals surface area contributed by atoms with E-state index >= 15 is 0 Å². The fourth-order valence-electron chi connectivity index (χ4n) is 1.97. The van der Waals surface area contributed by atoms with E-state index in [0.29, 0.717) is 0 Å². The summed E-state index contributed by atoms with van der Waals surface area (Å²) in [5.74, 6) is 0. The highest BCUT2D eigenvalue weighted by Gasteiger charge is 2.38. The molecule has 0 aliphatic carbocycles. The van der Waals surface area contributed by atoms with E-state index in [4.69, 9.17) is 23.7 Å². The van der Waals surface area contributed by atoms with Gasteiger partial charge in [0.2, 0.25) is 0 Å². The standard InChI is InChI=1S/C10H24N2O4Si/c1-13-17(14-2,15-3)9-4-10(11)12-5-7-16-8-6-12/h10H,4-9,11H2,1-3H3. The third kappa shape index (κ3) is 4.29. The lowest BCUT2D eigenvalue weighted by atomic mass is 10.3. The molecule has 0 aromatic rings. The second-order valence-corrected chi connectivity index (χ2v) is 7.14. The maximum Gasteiger partial charge on any atom is 0.500 e. The van der Waals surface area contributed by atoms with Crippen molar-refractivity contribution >= 4 is 8.80 Å². The lowest BCUT2D eigenvalue weighted by Crippen LogP contribution is -2.50. The summed E-state index contributed by atoms with van der Waals surface area (Å²) in [5, 5.41) is 0. The molecule has 1 unspecified atom stereocenters. The summed E-state index contributed by atoms with van der Waals surface area (Å²) in [5.41, 5.74) is 6.15. The predicted octanol–water partition coefficient (Wildman–Crippen LogP) is -0.128. The van der Waals surface area contributed by atoms with Crippen LogP contribution >= 0.6 is 0 Å². The minimum atomic E-state index is -2.48. The number of nitrogens with two attached hydrogens (primary N) is 1. The zero-order chi connectivity index (χ0) is 12.7. The molecule has 7 heteroatoms. The second kappa shape index (κ2) is 7.42. The van der Waals surface area contributed by atoms with Crippen LogP contribution in [0, 0.1) is 0 Å². The Kier molecular flexibility index (Phi) is 6.56. The largest absolute Gasteiger partial charge is 0.500 e. The van der Waals surface area contributed by atoms with Crippen LogP contribution in [-0.2, 0) is 18.0 Å². The fourth-order valence-corrected chi connectivity index (χ4v) is 3.73. The summed E-state index contributed by atoms with van der Waals surface area (Å²) < 4.78 is 21.4. The van der Waals surface area contributed by atoms with Crippen LogP contribution in [-0.4, -0.2) is 67.5 Å². The molecule has 0 bridgehead atoms. The van der Waals surface area contributed by atoms with Gasteiger partial charge < -0.3 is 23.7 Å². The molecule has 0 saturated carbocycles. The molecule has 1 fully saturated rings. The zero-order valence-electron chi connectivity index (χ0n) is 11.0. The Morgan fingerprint density at radius 1 is 1.18 bits per heavy atom. The van der Waals surface area contributed by atoms with E-state index in [2.05, 4.69) is 4.90 Å². The summed E-state index contributed by atoms with van der Waals surface area (Å²) in [6.45, 7) is 3.30. The second-order valence-electron chi connectivity index (χ2n) is 4.05. The Morgan fingerprint density at radius 2 is 1.71 bits per heavy atom. The monoisotopic (exact) mass is 264 g/mol. The molecule has 0 aromatic heterocycles. The van der Waals surface area contributed by atoms with Gasteiger partial charge in [-0.2, -0.15) is 0 Å². The van der Waals surface area contributed by atoms with Crippen LogP contribution in [0.15, 0.2) is 0 Å². The molecule has 1 rings (SSSR count). The molecule has 0 spiro atoms. The maximum absolute atomic E-state index is 6.15. The lowest BCUT2D eigenvalue weighted by molar-refractivity contribution is 0.0157. The lowest BCUT2D eigenvalue weighted by Gasteiger charge is -2.33. The molecule has 1 aliphatic rings. The third-order valence-electron chi connectivity index (χ3n) is 3.19. The normalized spacial score (nSPS) is 20.5. The first-order valence-electron chi connectivity index (χ1n) is 5.90. The van der Waals surface area contributed by atoms with Gasteiger partial charge in [0.1, 0.15) is 0 Å². The van der Waals surface area contributed by atoms with Crippen molar-refractivity contribution in [1.29, 1.82) is 0 Å². The van der Waals surface area contributed by atoms with Crippen molar-refractivity contribution in [2.75, 3.05) is 47.6 Å². The summed E-state index contributed by atoms with van der Waals surface area (Å²) in [4.78, 5) is 2.23. The van der Waals surface area contributed by atoms with Gasteiger partial charge in [0.25, 0.3) is 0 Å². The highest BCUT2D eigenvalue weighted by atomic mass is 28.4. The van der Waals surface area contributed by atoms with Crippen molar-refractivity contribution in [2.24, 2.45) is 5.73 Å². The molecule has 1 aliphatic heterocycles. The van der Waals surface area contributed by atoms with E-state index in [9.17, 15) is 0 Å². The first-order valence-corrected chi connectivity index (χ1v) is 7.83. The Labute approximate surface area is 104 Å². The number of hydrogen-bond donors (Lipinski definition) is 1. The molecular formula is C10H24N2O4Si.